The van der Waals surface area contributed by atoms with Gasteiger partial charge in [0, 0.05) is 0 Å². The second kappa shape index (κ2) is 11.1. The molecule has 1 nitrogen and oxygen atoms in total. The van der Waals surface area contributed by atoms with Crippen molar-refractivity contribution in [3.8, 4) is 11.1 Å². The van der Waals surface area contributed by atoms with Crippen LogP contribution in [-0.4, -0.2) is 36.8 Å². The highest BCUT2D eigenvalue weighted by atomic mass is 19.4. The van der Waals surface area contributed by atoms with E-state index in [4.69, 9.17) is 0 Å². The Morgan fingerprint density at radius 2 is 1.27 bits per heavy atom. The fourth-order valence-corrected chi connectivity index (χ4v) is 5.12. The molecule has 0 aliphatic carbocycles. The molecule has 1 unspecified atom stereocenters. The Morgan fingerprint density at radius 1 is 0.727 bits per heavy atom. The van der Waals surface area contributed by atoms with Crippen molar-refractivity contribution in [2.45, 2.75) is 85.7 Å². The lowest BCUT2D eigenvalue weighted by molar-refractivity contribution is -0.923. The Hall–Kier alpha value is -1.81. The largest absolute Gasteiger partial charge is 0.398 e. The second-order valence-corrected chi connectivity index (χ2v) is 10.0. The summed E-state index contributed by atoms with van der Waals surface area (Å²) in [6.45, 7) is 18.3. The Bertz CT molecular complexity index is 903. The minimum absolute atomic E-state index is 0.128. The first-order valence-electron chi connectivity index (χ1n) is 12.5. The molecule has 0 N–H and O–H groups in total. The normalized spacial score (nSPS) is 14.4. The summed E-state index contributed by atoms with van der Waals surface area (Å²) in [7, 11) is 0. The van der Waals surface area contributed by atoms with E-state index >= 15 is 0 Å². The topological polar surface area (TPSA) is 0 Å². The molecule has 0 heterocycles. The maximum Gasteiger partial charge on any atom is 0.398 e. The molecule has 184 valence electrons. The molecule has 0 saturated heterocycles. The highest BCUT2D eigenvalue weighted by Crippen LogP contribution is 2.45. The van der Waals surface area contributed by atoms with E-state index in [1.54, 1.807) is 12.1 Å². The molecule has 2 aromatic rings. The van der Waals surface area contributed by atoms with E-state index < -0.39 is 11.6 Å². The van der Waals surface area contributed by atoms with E-state index in [-0.39, 0.29) is 6.42 Å². The van der Waals surface area contributed by atoms with E-state index in [0.717, 1.165) is 65.8 Å². The first-order valence-corrected chi connectivity index (χ1v) is 12.5. The summed E-state index contributed by atoms with van der Waals surface area (Å²) in [6, 6.07) is 11.6. The van der Waals surface area contributed by atoms with Gasteiger partial charge in [0.25, 0.3) is 0 Å². The van der Waals surface area contributed by atoms with Crippen LogP contribution in [0.5, 0.6) is 0 Å². The van der Waals surface area contributed by atoms with Crippen molar-refractivity contribution in [1.82, 2.24) is 0 Å². The van der Waals surface area contributed by atoms with Crippen LogP contribution in [0, 0.1) is 20.8 Å². The van der Waals surface area contributed by atoms with E-state index in [9.17, 15) is 13.2 Å². The molecular weight excluding hydrogens is 419 g/mol. The molecule has 0 aliphatic heterocycles. The van der Waals surface area contributed by atoms with Gasteiger partial charge in [-0.25, -0.2) is 0 Å². The molecule has 2 aromatic carbocycles. The summed E-state index contributed by atoms with van der Waals surface area (Å²) in [4.78, 5) is 0. The van der Waals surface area contributed by atoms with Gasteiger partial charge in [0.15, 0.2) is 0 Å². The Morgan fingerprint density at radius 3 is 1.76 bits per heavy atom. The molecule has 0 fully saturated rings. The Labute approximate surface area is 199 Å². The molecule has 0 saturated carbocycles. The zero-order valence-corrected chi connectivity index (χ0v) is 21.7. The van der Waals surface area contributed by atoms with Crippen LogP contribution in [0.15, 0.2) is 36.4 Å². The molecular formula is C29H43F3N+. The summed E-state index contributed by atoms with van der Waals surface area (Å²) in [5.41, 5.74) is 3.86. The summed E-state index contributed by atoms with van der Waals surface area (Å²) in [5, 5.41) is 0. The number of aryl methyl sites for hydroxylation is 3. The quantitative estimate of drug-likeness (QED) is 0.232. The predicted octanol–water partition coefficient (Wildman–Crippen LogP) is 8.54. The molecule has 1 atom stereocenters. The van der Waals surface area contributed by atoms with Crippen molar-refractivity contribution >= 4 is 0 Å². The van der Waals surface area contributed by atoms with Gasteiger partial charge in [-0.1, -0.05) is 48.4 Å². The van der Waals surface area contributed by atoms with Gasteiger partial charge >= 0.3 is 6.18 Å². The standard InChI is InChI=1S/C29H43F3N/c1-8-33(9-2,10-3)19-13-11-12-18-28(7,29(30,31)32)25-15-17-27(24(6)21-25)26-16-14-22(4)20-23(26)5/h14-17,20-21H,8-13,18-19H2,1-7H3/q+1. The van der Waals surface area contributed by atoms with Crippen LogP contribution in [0.3, 0.4) is 0 Å². The fourth-order valence-electron chi connectivity index (χ4n) is 5.12. The third-order valence-corrected chi connectivity index (χ3v) is 7.98. The van der Waals surface area contributed by atoms with Gasteiger partial charge in [0.1, 0.15) is 0 Å². The Kier molecular flexibility index (Phi) is 9.21. The van der Waals surface area contributed by atoms with E-state index in [0.29, 0.717) is 12.0 Å². The lowest BCUT2D eigenvalue weighted by Crippen LogP contribution is -2.48. The monoisotopic (exact) mass is 462 g/mol. The number of nitrogens with zero attached hydrogens (tertiary/aromatic N) is 1. The van der Waals surface area contributed by atoms with Crippen molar-refractivity contribution in [2.75, 3.05) is 26.2 Å². The van der Waals surface area contributed by atoms with E-state index in [2.05, 4.69) is 45.9 Å². The highest BCUT2D eigenvalue weighted by Gasteiger charge is 2.51. The zero-order valence-electron chi connectivity index (χ0n) is 21.7. The van der Waals surface area contributed by atoms with Gasteiger partial charge < -0.3 is 4.48 Å². The average Bonchev–Trinajstić information content (AvgIpc) is 2.76. The van der Waals surface area contributed by atoms with Gasteiger partial charge in [-0.2, -0.15) is 13.2 Å². The number of hydrogen-bond donors (Lipinski definition) is 0. The molecule has 2 rings (SSSR count). The number of hydrogen-bond acceptors (Lipinski definition) is 0. The van der Waals surface area contributed by atoms with Crippen LogP contribution in [0.4, 0.5) is 13.2 Å². The number of rotatable bonds is 11. The maximum absolute atomic E-state index is 14.3. The van der Waals surface area contributed by atoms with Crippen molar-refractivity contribution < 1.29 is 17.7 Å². The third-order valence-electron chi connectivity index (χ3n) is 7.98. The number of benzene rings is 2. The van der Waals surface area contributed by atoms with Gasteiger partial charge in [0.2, 0.25) is 0 Å². The molecule has 0 spiro atoms. The average molecular weight is 463 g/mol. The summed E-state index contributed by atoms with van der Waals surface area (Å²) >= 11 is 0. The van der Waals surface area contributed by atoms with Gasteiger partial charge in [0.05, 0.1) is 31.6 Å². The molecule has 0 amide bonds. The van der Waals surface area contributed by atoms with E-state index in [1.807, 2.05) is 19.9 Å². The maximum atomic E-state index is 14.3. The summed E-state index contributed by atoms with van der Waals surface area (Å²) in [6.07, 6.45) is -1.75. The minimum atomic E-state index is -4.28. The van der Waals surface area contributed by atoms with Gasteiger partial charge in [-0.05, 0) is 95.5 Å². The van der Waals surface area contributed by atoms with Crippen LogP contribution in [0.2, 0.25) is 0 Å². The lowest BCUT2D eigenvalue weighted by atomic mass is 9.76. The highest BCUT2D eigenvalue weighted by molar-refractivity contribution is 5.71. The molecule has 33 heavy (non-hydrogen) atoms. The summed E-state index contributed by atoms with van der Waals surface area (Å²) < 4.78 is 44.0. The van der Waals surface area contributed by atoms with E-state index in [1.165, 1.54) is 12.5 Å². The minimum Gasteiger partial charge on any atom is -0.324 e. The molecule has 0 aromatic heterocycles. The first kappa shape index (κ1) is 27.4. The van der Waals surface area contributed by atoms with Crippen LogP contribution >= 0.6 is 0 Å². The molecule has 0 aliphatic rings. The lowest BCUT2D eigenvalue weighted by Gasteiger charge is -2.36. The van der Waals surface area contributed by atoms with Crippen molar-refractivity contribution in [3.05, 3.63) is 58.7 Å². The van der Waals surface area contributed by atoms with Crippen LogP contribution < -0.4 is 0 Å². The summed E-state index contributed by atoms with van der Waals surface area (Å²) in [5.74, 6) is 0. The predicted molar refractivity (Wildman–Crippen MR) is 135 cm³/mol. The van der Waals surface area contributed by atoms with Crippen LogP contribution in [-0.2, 0) is 5.41 Å². The second-order valence-electron chi connectivity index (χ2n) is 10.0. The number of alkyl halides is 3. The molecule has 0 bridgehead atoms. The molecule has 0 radical (unpaired) electrons. The fraction of sp³-hybridized carbons (Fsp3) is 0.586. The first-order chi connectivity index (χ1) is 15.4. The zero-order chi connectivity index (χ0) is 24.9. The Balaban J connectivity index is 2.19. The van der Waals surface area contributed by atoms with Crippen molar-refractivity contribution in [2.24, 2.45) is 0 Å². The van der Waals surface area contributed by atoms with Crippen molar-refractivity contribution in [3.63, 3.8) is 0 Å². The van der Waals surface area contributed by atoms with Crippen molar-refractivity contribution in [1.29, 1.82) is 0 Å². The van der Waals surface area contributed by atoms with Gasteiger partial charge in [-0.15, -0.1) is 0 Å². The van der Waals surface area contributed by atoms with Crippen LogP contribution in [0.1, 0.15) is 75.6 Å². The third kappa shape index (κ3) is 6.20. The SMILES string of the molecule is CC[N+](CC)(CC)CCCCCC(C)(c1ccc(-c2ccc(C)cc2C)c(C)c1)C(F)(F)F. The number of quaternary nitrogens is 1. The number of halogens is 3. The smallest absolute Gasteiger partial charge is 0.324 e. The molecule has 4 heteroatoms. The van der Waals surface area contributed by atoms with Gasteiger partial charge in [-0.3, -0.25) is 0 Å². The van der Waals surface area contributed by atoms with Crippen LogP contribution in [0.25, 0.3) is 11.1 Å². The number of unbranched alkanes of at least 4 members (excludes halogenated alkanes) is 2.